The average molecular weight is 502 g/mol. The molecule has 0 aromatic heterocycles. The molecule has 2 rings (SSSR count). The number of amides is 2. The summed E-state index contributed by atoms with van der Waals surface area (Å²) in [5.41, 5.74) is 3.94. The highest BCUT2D eigenvalue weighted by atomic mass is 32.2. The monoisotopic (exact) mass is 501 g/mol. The smallest absolute Gasteiger partial charge is 0.244 e. The van der Waals surface area contributed by atoms with E-state index in [1.807, 2.05) is 84.0 Å². The summed E-state index contributed by atoms with van der Waals surface area (Å²) in [6.45, 7) is 11.2. The summed E-state index contributed by atoms with van der Waals surface area (Å²) in [6.07, 6.45) is 2.27. The van der Waals surface area contributed by atoms with E-state index in [0.717, 1.165) is 39.2 Å². The number of nitrogens with one attached hydrogen (secondary N) is 1. The number of hydrogen-bond acceptors (Lipinski definition) is 4. The maximum absolute atomic E-state index is 13.8. The molecule has 0 bridgehead atoms. The molecule has 0 aliphatic carbocycles. The summed E-state index contributed by atoms with van der Waals surface area (Å²) in [5.74, 6) is -0.661. The molecule has 0 saturated heterocycles. The molecule has 2 aromatic rings. The van der Waals surface area contributed by atoms with Crippen molar-refractivity contribution in [3.8, 4) is 0 Å². The van der Waals surface area contributed by atoms with Crippen molar-refractivity contribution in [3.05, 3.63) is 64.7 Å². The highest BCUT2D eigenvalue weighted by molar-refractivity contribution is 7.92. The Morgan fingerprint density at radius 3 is 2.09 bits per heavy atom. The van der Waals surface area contributed by atoms with Crippen LogP contribution in [-0.2, 0) is 26.2 Å². The van der Waals surface area contributed by atoms with Crippen LogP contribution in [0.3, 0.4) is 0 Å². The number of para-hydroxylation sites is 1. The summed E-state index contributed by atoms with van der Waals surface area (Å²) in [4.78, 5) is 28.5. The van der Waals surface area contributed by atoms with Gasteiger partial charge in [0.05, 0.1) is 11.9 Å². The molecule has 7 nitrogen and oxygen atoms in total. The van der Waals surface area contributed by atoms with Crippen molar-refractivity contribution in [1.29, 1.82) is 0 Å². The molecule has 0 aliphatic heterocycles. The van der Waals surface area contributed by atoms with Crippen LogP contribution in [0.25, 0.3) is 0 Å². The Hall–Kier alpha value is -2.87. The van der Waals surface area contributed by atoms with Crippen molar-refractivity contribution in [1.82, 2.24) is 10.2 Å². The van der Waals surface area contributed by atoms with Crippen LogP contribution < -0.4 is 9.62 Å². The quantitative estimate of drug-likeness (QED) is 0.502. The van der Waals surface area contributed by atoms with Gasteiger partial charge in [0.1, 0.15) is 12.6 Å². The fourth-order valence-corrected chi connectivity index (χ4v) is 5.11. The van der Waals surface area contributed by atoms with Gasteiger partial charge >= 0.3 is 0 Å². The lowest BCUT2D eigenvalue weighted by molar-refractivity contribution is -0.140. The van der Waals surface area contributed by atoms with Crippen LogP contribution in [0.5, 0.6) is 0 Å². The number of rotatable bonds is 11. The summed E-state index contributed by atoms with van der Waals surface area (Å²) in [5, 5.41) is 2.98. The third-order valence-corrected chi connectivity index (χ3v) is 7.30. The van der Waals surface area contributed by atoms with Crippen molar-refractivity contribution < 1.29 is 18.0 Å². The predicted molar refractivity (Wildman–Crippen MR) is 142 cm³/mol. The number of sulfonamides is 1. The summed E-state index contributed by atoms with van der Waals surface area (Å²) in [7, 11) is -3.76. The normalized spacial score (nSPS) is 13.1. The zero-order valence-electron chi connectivity index (χ0n) is 22.0. The molecule has 2 amide bonds. The minimum Gasteiger partial charge on any atom is -0.352 e. The lowest BCUT2D eigenvalue weighted by Gasteiger charge is -2.34. The maximum Gasteiger partial charge on any atom is 0.244 e. The second-order valence-corrected chi connectivity index (χ2v) is 11.2. The first-order valence-corrected chi connectivity index (χ1v) is 13.9. The number of anilines is 1. The summed E-state index contributed by atoms with van der Waals surface area (Å²) in [6, 6.07) is 12.5. The van der Waals surface area contributed by atoms with Crippen LogP contribution in [0.1, 0.15) is 55.9 Å². The van der Waals surface area contributed by atoms with Crippen LogP contribution in [0.4, 0.5) is 5.69 Å². The van der Waals surface area contributed by atoms with Crippen molar-refractivity contribution in [2.24, 2.45) is 0 Å². The number of benzene rings is 2. The summed E-state index contributed by atoms with van der Waals surface area (Å²) >= 11 is 0. The van der Waals surface area contributed by atoms with Crippen LogP contribution >= 0.6 is 0 Å². The molecule has 0 heterocycles. The van der Waals surface area contributed by atoms with E-state index >= 15 is 0 Å². The van der Waals surface area contributed by atoms with Gasteiger partial charge in [-0.2, -0.15) is 0 Å². The molecular formula is C27H39N3O4S. The molecule has 1 N–H and O–H groups in total. The van der Waals surface area contributed by atoms with E-state index in [1.165, 1.54) is 4.90 Å². The lowest BCUT2D eigenvalue weighted by Crippen LogP contribution is -2.53. The first kappa shape index (κ1) is 28.4. The Labute approximate surface area is 210 Å². The Balaban J connectivity index is 2.50. The molecule has 2 unspecified atom stereocenters. The van der Waals surface area contributed by atoms with Crippen molar-refractivity contribution in [3.63, 3.8) is 0 Å². The highest BCUT2D eigenvalue weighted by Gasteiger charge is 2.32. The minimum absolute atomic E-state index is 0.0328. The lowest BCUT2D eigenvalue weighted by atomic mass is 10.1. The molecule has 0 radical (unpaired) electrons. The van der Waals surface area contributed by atoms with Gasteiger partial charge in [-0.25, -0.2) is 8.42 Å². The highest BCUT2D eigenvalue weighted by Crippen LogP contribution is 2.27. The van der Waals surface area contributed by atoms with E-state index in [2.05, 4.69) is 5.32 Å². The molecule has 35 heavy (non-hydrogen) atoms. The Morgan fingerprint density at radius 1 is 0.971 bits per heavy atom. The number of nitrogens with zero attached hydrogens (tertiary/aromatic N) is 2. The Bertz CT molecular complexity index is 1130. The van der Waals surface area contributed by atoms with Crippen molar-refractivity contribution in [2.75, 3.05) is 17.1 Å². The topological polar surface area (TPSA) is 86.8 Å². The number of hydrogen-bond donors (Lipinski definition) is 1. The average Bonchev–Trinajstić information content (AvgIpc) is 2.77. The molecule has 0 aliphatic rings. The SMILES string of the molecule is CCC(C)NC(=O)C(CC)N(Cc1cccc(C)c1)C(=O)CN(c1c(C)cccc1C)S(C)(=O)=O. The van der Waals surface area contributed by atoms with Crippen molar-refractivity contribution in [2.45, 2.75) is 73.0 Å². The molecule has 192 valence electrons. The molecule has 0 fully saturated rings. The first-order valence-electron chi connectivity index (χ1n) is 12.1. The maximum atomic E-state index is 13.8. The van der Waals surface area contributed by atoms with Gasteiger partial charge in [0.2, 0.25) is 21.8 Å². The third kappa shape index (κ3) is 7.56. The van der Waals surface area contributed by atoms with Gasteiger partial charge < -0.3 is 10.2 Å². The van der Waals surface area contributed by atoms with Gasteiger partial charge in [-0.05, 0) is 57.2 Å². The molecule has 2 atom stereocenters. The van der Waals surface area contributed by atoms with Crippen molar-refractivity contribution >= 4 is 27.5 Å². The first-order chi connectivity index (χ1) is 16.4. The second-order valence-electron chi connectivity index (χ2n) is 9.26. The van der Waals surface area contributed by atoms with Gasteiger partial charge in [0.15, 0.2) is 0 Å². The van der Waals surface area contributed by atoms with Crippen LogP contribution in [-0.4, -0.2) is 50.0 Å². The van der Waals surface area contributed by atoms with Gasteiger partial charge in [0, 0.05) is 12.6 Å². The molecule has 0 saturated carbocycles. The zero-order valence-corrected chi connectivity index (χ0v) is 22.8. The van der Waals surface area contributed by atoms with Gasteiger partial charge in [-0.1, -0.05) is 61.9 Å². The second kappa shape index (κ2) is 12.2. The van der Waals surface area contributed by atoms with E-state index in [-0.39, 0.29) is 25.0 Å². The zero-order chi connectivity index (χ0) is 26.3. The van der Waals surface area contributed by atoms with Crippen LogP contribution in [0, 0.1) is 20.8 Å². The van der Waals surface area contributed by atoms with Crippen LogP contribution in [0.2, 0.25) is 0 Å². The van der Waals surface area contributed by atoms with E-state index in [0.29, 0.717) is 12.1 Å². The number of carbonyl (C=O) groups excluding carboxylic acids is 2. The van der Waals surface area contributed by atoms with E-state index in [1.54, 1.807) is 0 Å². The standard InChI is InChI=1S/C27H39N3O4S/c1-8-22(6)28-27(32)24(9-2)29(17-23-15-10-12-19(3)16-23)25(31)18-30(35(7,33)34)26-20(4)13-11-14-21(26)5/h10-16,22,24H,8-9,17-18H2,1-7H3,(H,28,32). The number of carbonyl (C=O) groups is 2. The van der Waals surface area contributed by atoms with Crippen LogP contribution in [0.15, 0.2) is 42.5 Å². The molecular weight excluding hydrogens is 462 g/mol. The summed E-state index contributed by atoms with van der Waals surface area (Å²) < 4.78 is 26.8. The van der Waals surface area contributed by atoms with E-state index in [9.17, 15) is 18.0 Å². The third-order valence-electron chi connectivity index (χ3n) is 6.19. The Kier molecular flexibility index (Phi) is 9.89. The minimum atomic E-state index is -3.76. The molecule has 8 heteroatoms. The fraction of sp³-hybridized carbons (Fsp3) is 0.481. The van der Waals surface area contributed by atoms with Gasteiger partial charge in [0.25, 0.3) is 0 Å². The fourth-order valence-electron chi connectivity index (χ4n) is 4.14. The van der Waals surface area contributed by atoms with Gasteiger partial charge in [-0.15, -0.1) is 0 Å². The van der Waals surface area contributed by atoms with E-state index < -0.39 is 22.0 Å². The molecule has 2 aromatic carbocycles. The molecule has 0 spiro atoms. The number of aryl methyl sites for hydroxylation is 3. The Morgan fingerprint density at radius 2 is 1.57 bits per heavy atom. The van der Waals surface area contributed by atoms with E-state index in [4.69, 9.17) is 0 Å². The van der Waals surface area contributed by atoms with Gasteiger partial charge in [-0.3, -0.25) is 13.9 Å². The predicted octanol–water partition coefficient (Wildman–Crippen LogP) is 4.10. The largest absolute Gasteiger partial charge is 0.352 e.